The molecule has 0 heterocycles. The van der Waals surface area contributed by atoms with E-state index < -0.39 is 0 Å². The number of rotatable bonds is 5. The normalized spacial score (nSPS) is 19.2. The van der Waals surface area contributed by atoms with Gasteiger partial charge in [0, 0.05) is 18.3 Å². The van der Waals surface area contributed by atoms with Crippen LogP contribution in [0.2, 0.25) is 0 Å². The fraction of sp³-hybridized carbons (Fsp3) is 0.900. The summed E-state index contributed by atoms with van der Waals surface area (Å²) in [6.45, 7) is 2.68. The number of halogens is 1. The third-order valence-corrected chi connectivity index (χ3v) is 3.22. The van der Waals surface area contributed by atoms with Gasteiger partial charge in [0.15, 0.2) is 0 Å². The van der Waals surface area contributed by atoms with Gasteiger partial charge in [-0.3, -0.25) is 4.79 Å². The molecule has 1 N–H and O–H groups in total. The Kier molecular flexibility index (Phi) is 4.57. The Labute approximate surface area is 85.0 Å². The molecule has 0 aliphatic heterocycles. The molecule has 0 radical (unpaired) electrons. The van der Waals surface area contributed by atoms with Crippen molar-refractivity contribution in [1.82, 2.24) is 5.32 Å². The standard InChI is InChI=1S/C10H18ClNO/c1-8(7-11)10(13)12-6-5-9-3-2-4-9/h8-9H,2-7H2,1H3,(H,12,13). The lowest BCUT2D eigenvalue weighted by Gasteiger charge is -2.25. The summed E-state index contributed by atoms with van der Waals surface area (Å²) >= 11 is 5.57. The predicted molar refractivity (Wildman–Crippen MR) is 54.9 cm³/mol. The maximum atomic E-state index is 11.3. The van der Waals surface area contributed by atoms with Crippen LogP contribution in [0, 0.1) is 11.8 Å². The van der Waals surface area contributed by atoms with Gasteiger partial charge in [-0.05, 0) is 12.3 Å². The van der Waals surface area contributed by atoms with E-state index >= 15 is 0 Å². The van der Waals surface area contributed by atoms with Crippen LogP contribution < -0.4 is 5.32 Å². The van der Waals surface area contributed by atoms with Crippen LogP contribution >= 0.6 is 11.6 Å². The Morgan fingerprint density at radius 3 is 2.77 bits per heavy atom. The monoisotopic (exact) mass is 203 g/mol. The number of alkyl halides is 1. The molecule has 2 nitrogen and oxygen atoms in total. The van der Waals surface area contributed by atoms with Crippen LogP contribution in [0.15, 0.2) is 0 Å². The van der Waals surface area contributed by atoms with Crippen LogP contribution in [0.25, 0.3) is 0 Å². The van der Waals surface area contributed by atoms with Gasteiger partial charge in [0.05, 0.1) is 0 Å². The van der Waals surface area contributed by atoms with Gasteiger partial charge in [-0.15, -0.1) is 11.6 Å². The molecule has 13 heavy (non-hydrogen) atoms. The summed E-state index contributed by atoms with van der Waals surface area (Å²) in [6.07, 6.45) is 5.21. The number of hydrogen-bond donors (Lipinski definition) is 1. The molecule has 0 saturated heterocycles. The summed E-state index contributed by atoms with van der Waals surface area (Å²) in [5, 5.41) is 2.91. The summed E-state index contributed by atoms with van der Waals surface area (Å²) < 4.78 is 0. The van der Waals surface area contributed by atoms with E-state index in [9.17, 15) is 4.79 Å². The molecule has 0 spiro atoms. The number of hydrogen-bond acceptors (Lipinski definition) is 1. The van der Waals surface area contributed by atoms with E-state index in [1.807, 2.05) is 6.92 Å². The van der Waals surface area contributed by atoms with Gasteiger partial charge in [-0.25, -0.2) is 0 Å². The average Bonchev–Trinajstić information content (AvgIpc) is 2.07. The van der Waals surface area contributed by atoms with Crippen molar-refractivity contribution in [3.8, 4) is 0 Å². The first-order chi connectivity index (χ1) is 6.24. The van der Waals surface area contributed by atoms with Crippen molar-refractivity contribution in [1.29, 1.82) is 0 Å². The molecule has 3 heteroatoms. The van der Waals surface area contributed by atoms with Crippen LogP contribution in [0.4, 0.5) is 0 Å². The quantitative estimate of drug-likeness (QED) is 0.682. The number of amides is 1. The van der Waals surface area contributed by atoms with Crippen molar-refractivity contribution in [3.63, 3.8) is 0 Å². The molecule has 1 fully saturated rings. The molecular formula is C10H18ClNO. The average molecular weight is 204 g/mol. The molecule has 1 amide bonds. The number of carbonyl (C=O) groups excluding carboxylic acids is 1. The molecule has 76 valence electrons. The van der Waals surface area contributed by atoms with E-state index in [2.05, 4.69) is 5.32 Å². The first kappa shape index (κ1) is 10.8. The minimum atomic E-state index is -0.0527. The van der Waals surface area contributed by atoms with Crippen LogP contribution in [0.3, 0.4) is 0 Å². The zero-order chi connectivity index (χ0) is 9.68. The second-order valence-electron chi connectivity index (χ2n) is 3.93. The predicted octanol–water partition coefficient (Wildman–Crippen LogP) is 2.17. The minimum Gasteiger partial charge on any atom is -0.356 e. The zero-order valence-corrected chi connectivity index (χ0v) is 8.94. The third-order valence-electron chi connectivity index (χ3n) is 2.76. The third kappa shape index (κ3) is 3.55. The largest absolute Gasteiger partial charge is 0.356 e. The Balaban J connectivity index is 2.00. The highest BCUT2D eigenvalue weighted by Gasteiger charge is 2.17. The topological polar surface area (TPSA) is 29.1 Å². The fourth-order valence-electron chi connectivity index (χ4n) is 1.43. The maximum absolute atomic E-state index is 11.3. The number of nitrogens with one attached hydrogen (secondary N) is 1. The highest BCUT2D eigenvalue weighted by atomic mass is 35.5. The summed E-state index contributed by atoms with van der Waals surface area (Å²) in [5.41, 5.74) is 0. The van der Waals surface area contributed by atoms with Gasteiger partial charge >= 0.3 is 0 Å². The summed E-state index contributed by atoms with van der Waals surface area (Å²) in [5.74, 6) is 1.32. The molecule has 0 aromatic heterocycles. The molecule has 1 unspecified atom stereocenters. The molecular weight excluding hydrogens is 186 g/mol. The second-order valence-corrected chi connectivity index (χ2v) is 4.24. The van der Waals surface area contributed by atoms with E-state index in [-0.39, 0.29) is 11.8 Å². The van der Waals surface area contributed by atoms with Gasteiger partial charge in [-0.1, -0.05) is 26.2 Å². The van der Waals surface area contributed by atoms with Gasteiger partial charge in [0.25, 0.3) is 0 Å². The van der Waals surface area contributed by atoms with Crippen LogP contribution in [0.5, 0.6) is 0 Å². The molecule has 0 aromatic carbocycles. The summed E-state index contributed by atoms with van der Waals surface area (Å²) in [6, 6.07) is 0. The van der Waals surface area contributed by atoms with Crippen LogP contribution in [-0.4, -0.2) is 18.3 Å². The molecule has 1 aliphatic carbocycles. The highest BCUT2D eigenvalue weighted by molar-refractivity contribution is 6.19. The molecule has 1 atom stereocenters. The van der Waals surface area contributed by atoms with Gasteiger partial charge in [-0.2, -0.15) is 0 Å². The lowest BCUT2D eigenvalue weighted by Crippen LogP contribution is -2.32. The minimum absolute atomic E-state index is 0.0527. The van der Waals surface area contributed by atoms with E-state index in [1.54, 1.807) is 0 Å². The van der Waals surface area contributed by atoms with Gasteiger partial charge < -0.3 is 5.32 Å². The summed E-state index contributed by atoms with van der Waals surface area (Å²) in [4.78, 5) is 11.3. The van der Waals surface area contributed by atoms with Crippen molar-refractivity contribution >= 4 is 17.5 Å². The molecule has 0 bridgehead atoms. The summed E-state index contributed by atoms with van der Waals surface area (Å²) in [7, 11) is 0. The van der Waals surface area contributed by atoms with Crippen molar-refractivity contribution < 1.29 is 4.79 Å². The number of carbonyl (C=O) groups is 1. The first-order valence-electron chi connectivity index (χ1n) is 5.07. The van der Waals surface area contributed by atoms with Crippen LogP contribution in [0.1, 0.15) is 32.6 Å². The van der Waals surface area contributed by atoms with Gasteiger partial charge in [0.2, 0.25) is 5.91 Å². The molecule has 0 aromatic rings. The molecule has 1 rings (SSSR count). The highest BCUT2D eigenvalue weighted by Crippen LogP contribution is 2.28. The van der Waals surface area contributed by atoms with Crippen molar-refractivity contribution in [2.75, 3.05) is 12.4 Å². The zero-order valence-electron chi connectivity index (χ0n) is 8.18. The maximum Gasteiger partial charge on any atom is 0.224 e. The first-order valence-corrected chi connectivity index (χ1v) is 5.61. The van der Waals surface area contributed by atoms with E-state index in [0.717, 1.165) is 18.9 Å². The lowest BCUT2D eigenvalue weighted by molar-refractivity contribution is -0.123. The van der Waals surface area contributed by atoms with Crippen LogP contribution in [-0.2, 0) is 4.79 Å². The van der Waals surface area contributed by atoms with E-state index in [4.69, 9.17) is 11.6 Å². The van der Waals surface area contributed by atoms with Crippen molar-refractivity contribution in [2.24, 2.45) is 11.8 Å². The Hall–Kier alpha value is -0.240. The van der Waals surface area contributed by atoms with E-state index in [0.29, 0.717) is 5.88 Å². The Morgan fingerprint density at radius 1 is 1.62 bits per heavy atom. The second kappa shape index (κ2) is 5.48. The lowest BCUT2D eigenvalue weighted by atomic mass is 9.83. The molecule has 1 aliphatic rings. The Bertz CT molecular complexity index is 168. The molecule has 1 saturated carbocycles. The van der Waals surface area contributed by atoms with E-state index in [1.165, 1.54) is 19.3 Å². The van der Waals surface area contributed by atoms with Crippen molar-refractivity contribution in [2.45, 2.75) is 32.6 Å². The van der Waals surface area contributed by atoms with Gasteiger partial charge in [0.1, 0.15) is 0 Å². The smallest absolute Gasteiger partial charge is 0.224 e. The van der Waals surface area contributed by atoms with Crippen molar-refractivity contribution in [3.05, 3.63) is 0 Å². The Morgan fingerprint density at radius 2 is 2.31 bits per heavy atom. The fourth-order valence-corrected chi connectivity index (χ4v) is 1.57. The SMILES string of the molecule is CC(CCl)C(=O)NCCC1CCC1.